The summed E-state index contributed by atoms with van der Waals surface area (Å²) in [6.45, 7) is 4.34. The van der Waals surface area contributed by atoms with Gasteiger partial charge in [-0.1, -0.05) is 6.92 Å². The Morgan fingerprint density at radius 3 is 3.00 bits per heavy atom. The fraction of sp³-hybridized carbons (Fsp3) is 1.00. The normalized spacial score (nSPS) is 32.8. The van der Waals surface area contributed by atoms with E-state index in [1.807, 2.05) is 0 Å². The van der Waals surface area contributed by atoms with Crippen molar-refractivity contribution in [1.29, 1.82) is 0 Å². The molecule has 2 aliphatic rings. The van der Waals surface area contributed by atoms with Gasteiger partial charge in [0.2, 0.25) is 0 Å². The van der Waals surface area contributed by atoms with E-state index in [9.17, 15) is 0 Å². The second-order valence-corrected chi connectivity index (χ2v) is 5.90. The van der Waals surface area contributed by atoms with Gasteiger partial charge in [-0.3, -0.25) is 0 Å². The van der Waals surface area contributed by atoms with Gasteiger partial charge >= 0.3 is 0 Å². The molecule has 0 radical (unpaired) electrons. The molecule has 0 aromatic carbocycles. The SMILES string of the molecule is CCC(COC1CCC[SiH2]O1)OCC1CO1. The van der Waals surface area contributed by atoms with Crippen molar-refractivity contribution in [2.45, 2.75) is 50.7 Å². The van der Waals surface area contributed by atoms with Crippen molar-refractivity contribution < 1.29 is 18.6 Å². The first-order chi connectivity index (χ1) is 7.88. The van der Waals surface area contributed by atoms with E-state index in [0.717, 1.165) is 19.4 Å². The van der Waals surface area contributed by atoms with Crippen molar-refractivity contribution >= 4 is 9.76 Å². The minimum Gasteiger partial charge on any atom is -0.400 e. The predicted octanol–water partition coefficient (Wildman–Crippen LogP) is 0.836. The molecule has 2 heterocycles. The molecule has 0 aliphatic carbocycles. The first-order valence-corrected chi connectivity index (χ1v) is 7.92. The second-order valence-electron chi connectivity index (χ2n) is 4.45. The zero-order valence-corrected chi connectivity index (χ0v) is 11.4. The van der Waals surface area contributed by atoms with Gasteiger partial charge in [-0.05, 0) is 25.3 Å². The maximum Gasteiger partial charge on any atom is 0.165 e. The molecule has 0 N–H and O–H groups in total. The van der Waals surface area contributed by atoms with Crippen molar-refractivity contribution in [3.05, 3.63) is 0 Å². The van der Waals surface area contributed by atoms with Crippen LogP contribution in [0.1, 0.15) is 26.2 Å². The molecule has 0 aromatic rings. The highest BCUT2D eigenvalue weighted by atomic mass is 28.2. The molecule has 2 rings (SSSR count). The van der Waals surface area contributed by atoms with Crippen LogP contribution in [-0.4, -0.2) is 48.1 Å². The first-order valence-electron chi connectivity index (χ1n) is 6.35. The Labute approximate surface area is 99.5 Å². The van der Waals surface area contributed by atoms with Crippen molar-refractivity contribution in [1.82, 2.24) is 0 Å². The summed E-state index contributed by atoms with van der Waals surface area (Å²) in [6.07, 6.45) is 3.88. The number of hydrogen-bond acceptors (Lipinski definition) is 4. The van der Waals surface area contributed by atoms with E-state index in [4.69, 9.17) is 18.6 Å². The van der Waals surface area contributed by atoms with Gasteiger partial charge in [0.05, 0.1) is 25.9 Å². The van der Waals surface area contributed by atoms with Gasteiger partial charge in [0, 0.05) is 0 Å². The molecule has 94 valence electrons. The van der Waals surface area contributed by atoms with Gasteiger partial charge in [0.25, 0.3) is 0 Å². The summed E-state index contributed by atoms with van der Waals surface area (Å²) in [4.78, 5) is 0. The van der Waals surface area contributed by atoms with Gasteiger partial charge in [-0.15, -0.1) is 0 Å². The highest BCUT2D eigenvalue weighted by molar-refractivity contribution is 6.27. The molecule has 2 aliphatic heterocycles. The summed E-state index contributed by atoms with van der Waals surface area (Å²) >= 11 is 0. The molecule has 0 bridgehead atoms. The van der Waals surface area contributed by atoms with Crippen LogP contribution < -0.4 is 0 Å². The van der Waals surface area contributed by atoms with Crippen LogP contribution in [0.4, 0.5) is 0 Å². The molecule has 0 saturated carbocycles. The van der Waals surface area contributed by atoms with Crippen LogP contribution in [0.2, 0.25) is 6.04 Å². The van der Waals surface area contributed by atoms with Crippen LogP contribution in [0.25, 0.3) is 0 Å². The molecule has 0 spiro atoms. The van der Waals surface area contributed by atoms with Crippen LogP contribution in [-0.2, 0) is 18.6 Å². The van der Waals surface area contributed by atoms with E-state index in [-0.39, 0.29) is 22.2 Å². The van der Waals surface area contributed by atoms with Gasteiger partial charge in [0.15, 0.2) is 9.76 Å². The van der Waals surface area contributed by atoms with Gasteiger partial charge in [-0.2, -0.15) is 0 Å². The fourth-order valence-corrected chi connectivity index (χ4v) is 2.93. The van der Waals surface area contributed by atoms with Crippen molar-refractivity contribution in [3.8, 4) is 0 Å². The zero-order chi connectivity index (χ0) is 11.2. The molecule has 3 unspecified atom stereocenters. The van der Waals surface area contributed by atoms with Crippen LogP contribution in [0, 0.1) is 0 Å². The van der Waals surface area contributed by atoms with Crippen LogP contribution >= 0.6 is 0 Å². The summed E-state index contributed by atoms with van der Waals surface area (Å²) < 4.78 is 22.2. The quantitative estimate of drug-likeness (QED) is 0.493. The molecular weight excluding hydrogens is 224 g/mol. The average Bonchev–Trinajstić information content (AvgIpc) is 3.15. The third-order valence-corrected chi connectivity index (χ3v) is 4.38. The molecule has 5 heteroatoms. The highest BCUT2D eigenvalue weighted by Gasteiger charge is 2.24. The molecule has 16 heavy (non-hydrogen) atoms. The Morgan fingerprint density at radius 1 is 1.50 bits per heavy atom. The Morgan fingerprint density at radius 2 is 2.38 bits per heavy atom. The van der Waals surface area contributed by atoms with Gasteiger partial charge in [0.1, 0.15) is 12.4 Å². The minimum atomic E-state index is -0.290. The Kier molecular flexibility index (Phi) is 5.25. The first kappa shape index (κ1) is 12.5. The Bertz CT molecular complexity index is 192. The van der Waals surface area contributed by atoms with Gasteiger partial charge in [-0.25, -0.2) is 0 Å². The lowest BCUT2D eigenvalue weighted by Gasteiger charge is -2.25. The maximum absolute atomic E-state index is 5.74. The van der Waals surface area contributed by atoms with E-state index in [2.05, 4.69) is 6.92 Å². The molecular formula is C11H22O4Si. The lowest BCUT2D eigenvalue weighted by molar-refractivity contribution is -0.125. The van der Waals surface area contributed by atoms with Crippen LogP contribution in [0.3, 0.4) is 0 Å². The Hall–Kier alpha value is 0.0569. The summed E-state index contributed by atoms with van der Waals surface area (Å²) in [5, 5.41) is 0. The zero-order valence-electron chi connectivity index (χ0n) is 10.0. The molecule has 0 amide bonds. The number of epoxide rings is 1. The third kappa shape index (κ3) is 4.51. The second kappa shape index (κ2) is 6.71. The standard InChI is InChI=1S/C11H22O4Si/c1-2-9(12-7-10-8-13-10)6-14-11-4-3-5-16-15-11/h9-11H,2-8,16H2,1H3. The van der Waals surface area contributed by atoms with E-state index in [1.165, 1.54) is 12.5 Å². The van der Waals surface area contributed by atoms with E-state index >= 15 is 0 Å². The van der Waals surface area contributed by atoms with Crippen LogP contribution in [0.5, 0.6) is 0 Å². The number of ether oxygens (including phenoxy) is 3. The summed E-state index contributed by atoms with van der Waals surface area (Å²) in [7, 11) is -0.290. The molecule has 0 aromatic heterocycles. The highest BCUT2D eigenvalue weighted by Crippen LogP contribution is 2.15. The Balaban J connectivity index is 1.57. The van der Waals surface area contributed by atoms with E-state index in [0.29, 0.717) is 19.3 Å². The van der Waals surface area contributed by atoms with Crippen LogP contribution in [0.15, 0.2) is 0 Å². The topological polar surface area (TPSA) is 40.2 Å². The van der Waals surface area contributed by atoms with Crippen molar-refractivity contribution in [3.63, 3.8) is 0 Å². The minimum absolute atomic E-state index is 0.0511. The summed E-state index contributed by atoms with van der Waals surface area (Å²) in [5.74, 6) is 0. The summed E-state index contributed by atoms with van der Waals surface area (Å²) in [5.41, 5.74) is 0. The average molecular weight is 246 g/mol. The lowest BCUT2D eigenvalue weighted by atomic mass is 10.3. The molecule has 2 saturated heterocycles. The van der Waals surface area contributed by atoms with Gasteiger partial charge < -0.3 is 18.6 Å². The monoisotopic (exact) mass is 246 g/mol. The maximum atomic E-state index is 5.74. The third-order valence-electron chi connectivity index (χ3n) is 2.98. The van der Waals surface area contributed by atoms with Crippen molar-refractivity contribution in [2.75, 3.05) is 19.8 Å². The van der Waals surface area contributed by atoms with E-state index < -0.39 is 0 Å². The van der Waals surface area contributed by atoms with E-state index in [1.54, 1.807) is 0 Å². The number of hydrogen-bond donors (Lipinski definition) is 0. The molecule has 4 nitrogen and oxygen atoms in total. The fourth-order valence-electron chi connectivity index (χ4n) is 1.75. The summed E-state index contributed by atoms with van der Waals surface area (Å²) in [6, 6.07) is 1.30. The smallest absolute Gasteiger partial charge is 0.165 e. The molecule has 2 fully saturated rings. The molecule has 3 atom stereocenters. The lowest BCUT2D eigenvalue weighted by Crippen LogP contribution is -2.29. The predicted molar refractivity (Wildman–Crippen MR) is 63.2 cm³/mol. The largest absolute Gasteiger partial charge is 0.400 e. The van der Waals surface area contributed by atoms with Crippen molar-refractivity contribution in [2.24, 2.45) is 0 Å². The number of rotatable bonds is 7.